The summed E-state index contributed by atoms with van der Waals surface area (Å²) in [6.45, 7) is 3.75. The highest BCUT2D eigenvalue weighted by molar-refractivity contribution is 5.63. The second kappa shape index (κ2) is 3.50. The predicted octanol–water partition coefficient (Wildman–Crippen LogP) is 2.73. The van der Waals surface area contributed by atoms with E-state index in [9.17, 15) is 0 Å². The van der Waals surface area contributed by atoms with E-state index in [1.165, 1.54) is 0 Å². The minimum atomic E-state index is 0.996. The number of nitrogens with zero attached hydrogens (tertiary/aromatic N) is 2. The van der Waals surface area contributed by atoms with Crippen LogP contribution in [-0.2, 0) is 7.05 Å². The van der Waals surface area contributed by atoms with Crippen molar-refractivity contribution < 1.29 is 0 Å². The number of aromatic nitrogens is 2. The fourth-order valence-corrected chi connectivity index (χ4v) is 1.39. The fraction of sp³-hybridized carbons (Fsp3) is 0.0833. The molecule has 0 spiro atoms. The molecule has 0 amide bonds. The van der Waals surface area contributed by atoms with Crippen LogP contribution in [0.2, 0.25) is 0 Å². The molecule has 0 fully saturated rings. The Labute approximate surface area is 83.5 Å². The standard InChI is InChI=1S/C12H12N2/c1-3-10-5-4-6-11(9-10)12-7-8-14(2)13-12/h3-9H,1H2,2H3. The second-order valence-corrected chi connectivity index (χ2v) is 3.20. The molecule has 2 rings (SSSR count). The van der Waals surface area contributed by atoms with Gasteiger partial charge < -0.3 is 0 Å². The summed E-state index contributed by atoms with van der Waals surface area (Å²) in [6, 6.07) is 10.2. The zero-order chi connectivity index (χ0) is 9.97. The first-order valence-corrected chi connectivity index (χ1v) is 4.52. The Bertz CT molecular complexity index is 455. The molecular weight excluding hydrogens is 172 g/mol. The molecule has 1 aromatic heterocycles. The third-order valence-corrected chi connectivity index (χ3v) is 2.13. The lowest BCUT2D eigenvalue weighted by molar-refractivity contribution is 0.771. The summed E-state index contributed by atoms with van der Waals surface area (Å²) in [4.78, 5) is 0. The molecule has 0 radical (unpaired) electrons. The lowest BCUT2D eigenvalue weighted by atomic mass is 10.1. The Balaban J connectivity index is 2.46. The maximum Gasteiger partial charge on any atom is 0.0923 e. The number of benzene rings is 1. The number of aryl methyl sites for hydroxylation is 1. The lowest BCUT2D eigenvalue weighted by Crippen LogP contribution is -1.87. The molecule has 0 aliphatic heterocycles. The summed E-state index contributed by atoms with van der Waals surface area (Å²) in [7, 11) is 1.92. The Morgan fingerprint density at radius 2 is 2.21 bits per heavy atom. The van der Waals surface area contributed by atoms with Gasteiger partial charge in [-0.1, -0.05) is 30.9 Å². The van der Waals surface area contributed by atoms with E-state index in [1.807, 2.05) is 37.5 Å². The molecule has 0 saturated heterocycles. The first kappa shape index (κ1) is 8.75. The van der Waals surface area contributed by atoms with Crippen molar-refractivity contribution in [2.45, 2.75) is 0 Å². The third-order valence-electron chi connectivity index (χ3n) is 2.13. The van der Waals surface area contributed by atoms with Crippen molar-refractivity contribution in [2.75, 3.05) is 0 Å². The first-order valence-electron chi connectivity index (χ1n) is 4.52. The topological polar surface area (TPSA) is 17.8 Å². The quantitative estimate of drug-likeness (QED) is 0.701. The molecule has 0 atom stereocenters. The Kier molecular flexibility index (Phi) is 2.19. The minimum absolute atomic E-state index is 0.996. The SMILES string of the molecule is C=Cc1cccc(-c2ccn(C)n2)c1. The molecule has 0 N–H and O–H groups in total. The molecule has 0 unspecified atom stereocenters. The van der Waals surface area contributed by atoms with Gasteiger partial charge in [0.1, 0.15) is 0 Å². The van der Waals surface area contributed by atoms with Gasteiger partial charge in [0, 0.05) is 18.8 Å². The van der Waals surface area contributed by atoms with Gasteiger partial charge in [-0.05, 0) is 17.7 Å². The molecule has 2 nitrogen and oxygen atoms in total. The van der Waals surface area contributed by atoms with E-state index in [0.29, 0.717) is 0 Å². The summed E-state index contributed by atoms with van der Waals surface area (Å²) in [5.74, 6) is 0. The molecule has 2 aromatic rings. The van der Waals surface area contributed by atoms with Crippen LogP contribution in [0.25, 0.3) is 17.3 Å². The number of rotatable bonds is 2. The van der Waals surface area contributed by atoms with Crippen LogP contribution in [0.1, 0.15) is 5.56 Å². The molecule has 1 aromatic carbocycles. The van der Waals surface area contributed by atoms with E-state index >= 15 is 0 Å². The van der Waals surface area contributed by atoms with Crippen LogP contribution in [0.15, 0.2) is 43.1 Å². The van der Waals surface area contributed by atoms with E-state index in [1.54, 1.807) is 4.68 Å². The van der Waals surface area contributed by atoms with Crippen molar-refractivity contribution in [3.05, 3.63) is 48.7 Å². The van der Waals surface area contributed by atoms with E-state index < -0.39 is 0 Å². The van der Waals surface area contributed by atoms with Crippen LogP contribution in [0.5, 0.6) is 0 Å². The molecule has 2 heteroatoms. The molecule has 70 valence electrons. The highest BCUT2D eigenvalue weighted by atomic mass is 15.2. The van der Waals surface area contributed by atoms with E-state index in [-0.39, 0.29) is 0 Å². The summed E-state index contributed by atoms with van der Waals surface area (Å²) in [5, 5.41) is 4.34. The molecule has 1 heterocycles. The van der Waals surface area contributed by atoms with Crippen LogP contribution >= 0.6 is 0 Å². The van der Waals surface area contributed by atoms with Gasteiger partial charge in [0.25, 0.3) is 0 Å². The van der Waals surface area contributed by atoms with Crippen molar-refractivity contribution in [3.8, 4) is 11.3 Å². The highest BCUT2D eigenvalue weighted by Gasteiger charge is 2.00. The van der Waals surface area contributed by atoms with Crippen LogP contribution < -0.4 is 0 Å². The summed E-state index contributed by atoms with van der Waals surface area (Å²) in [6.07, 6.45) is 3.78. The zero-order valence-electron chi connectivity index (χ0n) is 8.14. The first-order chi connectivity index (χ1) is 6.79. The van der Waals surface area contributed by atoms with Gasteiger partial charge in [0.2, 0.25) is 0 Å². The normalized spacial score (nSPS) is 10.1. The predicted molar refractivity (Wildman–Crippen MR) is 58.7 cm³/mol. The molecule has 0 aliphatic carbocycles. The number of hydrogen-bond donors (Lipinski definition) is 0. The highest BCUT2D eigenvalue weighted by Crippen LogP contribution is 2.18. The van der Waals surface area contributed by atoms with Crippen molar-refractivity contribution >= 4 is 6.08 Å². The molecule has 14 heavy (non-hydrogen) atoms. The Morgan fingerprint density at radius 1 is 1.36 bits per heavy atom. The van der Waals surface area contributed by atoms with Crippen LogP contribution in [-0.4, -0.2) is 9.78 Å². The average Bonchev–Trinajstić information content (AvgIpc) is 2.65. The third kappa shape index (κ3) is 1.59. The largest absolute Gasteiger partial charge is 0.275 e. The maximum absolute atomic E-state index is 4.34. The van der Waals surface area contributed by atoms with Crippen LogP contribution in [0.3, 0.4) is 0 Å². The number of hydrogen-bond acceptors (Lipinski definition) is 1. The van der Waals surface area contributed by atoms with Gasteiger partial charge in [-0.15, -0.1) is 0 Å². The zero-order valence-corrected chi connectivity index (χ0v) is 8.14. The average molecular weight is 184 g/mol. The minimum Gasteiger partial charge on any atom is -0.275 e. The van der Waals surface area contributed by atoms with Gasteiger partial charge in [0.15, 0.2) is 0 Å². The van der Waals surface area contributed by atoms with E-state index in [2.05, 4.69) is 23.8 Å². The van der Waals surface area contributed by atoms with Gasteiger partial charge in [-0.25, -0.2) is 0 Å². The van der Waals surface area contributed by atoms with Crippen LogP contribution in [0.4, 0.5) is 0 Å². The molecule has 0 bridgehead atoms. The summed E-state index contributed by atoms with van der Waals surface area (Å²) < 4.78 is 1.80. The lowest BCUT2D eigenvalue weighted by Gasteiger charge is -1.98. The van der Waals surface area contributed by atoms with Gasteiger partial charge in [-0.2, -0.15) is 5.10 Å². The van der Waals surface area contributed by atoms with Gasteiger partial charge in [-0.3, -0.25) is 4.68 Å². The van der Waals surface area contributed by atoms with Crippen LogP contribution in [0, 0.1) is 0 Å². The van der Waals surface area contributed by atoms with E-state index in [0.717, 1.165) is 16.8 Å². The van der Waals surface area contributed by atoms with Crippen molar-refractivity contribution in [1.29, 1.82) is 0 Å². The molecular formula is C12H12N2. The summed E-state index contributed by atoms with van der Waals surface area (Å²) in [5.41, 5.74) is 3.24. The van der Waals surface area contributed by atoms with Gasteiger partial charge >= 0.3 is 0 Å². The molecule has 0 saturated carbocycles. The Hall–Kier alpha value is -1.83. The van der Waals surface area contributed by atoms with Gasteiger partial charge in [0.05, 0.1) is 5.69 Å². The summed E-state index contributed by atoms with van der Waals surface area (Å²) >= 11 is 0. The van der Waals surface area contributed by atoms with Crippen molar-refractivity contribution in [3.63, 3.8) is 0 Å². The Morgan fingerprint density at radius 3 is 2.86 bits per heavy atom. The van der Waals surface area contributed by atoms with E-state index in [4.69, 9.17) is 0 Å². The second-order valence-electron chi connectivity index (χ2n) is 3.20. The maximum atomic E-state index is 4.34. The van der Waals surface area contributed by atoms with Crippen molar-refractivity contribution in [1.82, 2.24) is 9.78 Å². The fourth-order valence-electron chi connectivity index (χ4n) is 1.39. The van der Waals surface area contributed by atoms with Crippen molar-refractivity contribution in [2.24, 2.45) is 7.05 Å². The monoisotopic (exact) mass is 184 g/mol. The smallest absolute Gasteiger partial charge is 0.0923 e. The molecule has 0 aliphatic rings.